The second-order valence-electron chi connectivity index (χ2n) is 9.12. The molecule has 4 rings (SSSR count). The molecule has 6 unspecified atom stereocenters. The van der Waals surface area contributed by atoms with E-state index in [1.165, 1.54) is 19.1 Å². The molecule has 0 aromatic heterocycles. The van der Waals surface area contributed by atoms with Crippen LogP contribution in [-0.2, 0) is 48.3 Å². The summed E-state index contributed by atoms with van der Waals surface area (Å²) in [6.07, 6.45) is -3.48. The summed E-state index contributed by atoms with van der Waals surface area (Å²) in [4.78, 5) is 12.1. The van der Waals surface area contributed by atoms with Gasteiger partial charge >= 0.3 is 5.97 Å². The predicted molar refractivity (Wildman–Crippen MR) is 137 cm³/mol. The van der Waals surface area contributed by atoms with Crippen LogP contribution in [0.1, 0.15) is 30.5 Å². The van der Waals surface area contributed by atoms with E-state index in [2.05, 4.69) is 0 Å². The van der Waals surface area contributed by atoms with Crippen LogP contribution in [0.25, 0.3) is 0 Å². The summed E-state index contributed by atoms with van der Waals surface area (Å²) in [6.45, 7) is 3.93. The maximum atomic E-state index is 12.1. The number of rotatable bonds is 11. The number of hydrogen-bond acceptors (Lipinski definition) is 8. The summed E-state index contributed by atoms with van der Waals surface area (Å²) in [5.41, 5.74) is 2.89. The van der Waals surface area contributed by atoms with Crippen LogP contribution >= 0.6 is 0 Å². The van der Waals surface area contributed by atoms with Gasteiger partial charge in [-0.1, -0.05) is 72.8 Å². The Hall–Kier alpha value is -3.15. The lowest BCUT2D eigenvalue weighted by Crippen LogP contribution is -2.99. The normalized spacial score (nSPS) is 24.1. The third-order valence-electron chi connectivity index (χ3n) is 6.22. The lowest BCUT2D eigenvalue weighted by molar-refractivity contribution is -0.991. The minimum absolute atomic E-state index is 0.121. The lowest BCUT2D eigenvalue weighted by Gasteiger charge is -2.44. The molecule has 9 nitrogen and oxygen atoms in total. The maximum absolute atomic E-state index is 12.1. The minimum Gasteiger partial charge on any atom is -0.595 e. The van der Waals surface area contributed by atoms with Gasteiger partial charge in [0.05, 0.1) is 25.9 Å². The molecule has 0 amide bonds. The number of benzene rings is 3. The SMILES string of the molecule is CC(=O)OC1C(OCc2ccc([NH+]([O-])O)cc2)OC(C)C(OCc2ccccc2)C1OCc1ccccc1. The van der Waals surface area contributed by atoms with Gasteiger partial charge in [0.2, 0.25) is 0 Å². The van der Waals surface area contributed by atoms with Crippen molar-refractivity contribution in [3.8, 4) is 0 Å². The Labute approximate surface area is 222 Å². The van der Waals surface area contributed by atoms with Crippen molar-refractivity contribution in [2.45, 2.75) is 64.4 Å². The fraction of sp³-hybridized carbons (Fsp3) is 0.345. The molecule has 38 heavy (non-hydrogen) atoms. The Balaban J connectivity index is 1.53. The van der Waals surface area contributed by atoms with Crippen LogP contribution in [0.2, 0.25) is 0 Å². The molecular weight excluding hydrogens is 490 g/mol. The molecule has 1 fully saturated rings. The molecule has 2 N–H and O–H groups in total. The Morgan fingerprint density at radius 3 is 1.82 bits per heavy atom. The van der Waals surface area contributed by atoms with E-state index in [0.717, 1.165) is 16.7 Å². The number of hydrogen-bond donors (Lipinski definition) is 2. The van der Waals surface area contributed by atoms with Gasteiger partial charge in [0, 0.05) is 19.1 Å². The quantitative estimate of drug-likeness (QED) is 0.291. The molecule has 1 aliphatic heterocycles. The van der Waals surface area contributed by atoms with Gasteiger partial charge in [0.15, 0.2) is 18.1 Å². The molecule has 1 saturated heterocycles. The van der Waals surface area contributed by atoms with E-state index < -0.39 is 41.9 Å². The second-order valence-corrected chi connectivity index (χ2v) is 9.12. The predicted octanol–water partition coefficient (Wildman–Crippen LogP) is 3.45. The highest BCUT2D eigenvalue weighted by molar-refractivity contribution is 5.66. The van der Waals surface area contributed by atoms with Crippen LogP contribution < -0.4 is 5.23 Å². The van der Waals surface area contributed by atoms with Crippen LogP contribution in [0.3, 0.4) is 0 Å². The van der Waals surface area contributed by atoms with Crippen molar-refractivity contribution >= 4 is 11.7 Å². The van der Waals surface area contributed by atoms with Gasteiger partial charge in [0.1, 0.15) is 12.2 Å². The summed E-state index contributed by atoms with van der Waals surface area (Å²) in [5.74, 6) is -0.498. The van der Waals surface area contributed by atoms with Crippen LogP contribution in [0.5, 0.6) is 0 Å². The van der Waals surface area contributed by atoms with Crippen molar-refractivity contribution in [1.82, 2.24) is 0 Å². The highest BCUT2D eigenvalue weighted by Gasteiger charge is 2.48. The topological polar surface area (TPSA) is 111 Å². The van der Waals surface area contributed by atoms with Crippen LogP contribution in [0.15, 0.2) is 84.9 Å². The Kier molecular flexibility index (Phi) is 9.97. The Bertz CT molecular complexity index is 1130. The Morgan fingerprint density at radius 1 is 0.789 bits per heavy atom. The van der Waals surface area contributed by atoms with Crippen LogP contribution in [0, 0.1) is 5.21 Å². The zero-order valence-electron chi connectivity index (χ0n) is 21.4. The van der Waals surface area contributed by atoms with E-state index in [1.54, 1.807) is 12.1 Å². The van der Waals surface area contributed by atoms with Gasteiger partial charge in [-0.05, 0) is 23.6 Å². The van der Waals surface area contributed by atoms with Gasteiger partial charge in [-0.3, -0.25) is 4.79 Å². The zero-order valence-corrected chi connectivity index (χ0v) is 21.4. The van der Waals surface area contributed by atoms with Gasteiger partial charge < -0.3 is 28.9 Å². The van der Waals surface area contributed by atoms with Crippen LogP contribution in [-0.4, -0.2) is 41.9 Å². The van der Waals surface area contributed by atoms with Crippen molar-refractivity contribution in [2.75, 3.05) is 0 Å². The van der Waals surface area contributed by atoms with Crippen molar-refractivity contribution in [2.24, 2.45) is 0 Å². The highest BCUT2D eigenvalue weighted by Crippen LogP contribution is 2.31. The van der Waals surface area contributed by atoms with Gasteiger partial charge in [0.25, 0.3) is 0 Å². The first-order chi connectivity index (χ1) is 18.4. The zero-order chi connectivity index (χ0) is 26.9. The first-order valence-electron chi connectivity index (χ1n) is 12.5. The highest BCUT2D eigenvalue weighted by atomic mass is 16.8. The lowest BCUT2D eigenvalue weighted by atomic mass is 9.98. The van der Waals surface area contributed by atoms with Gasteiger partial charge in [-0.25, -0.2) is 5.21 Å². The molecule has 0 radical (unpaired) electrons. The monoisotopic (exact) mass is 523 g/mol. The smallest absolute Gasteiger partial charge is 0.303 e. The molecule has 1 heterocycles. The third kappa shape index (κ3) is 7.68. The van der Waals surface area contributed by atoms with Gasteiger partial charge in [-0.2, -0.15) is 5.23 Å². The van der Waals surface area contributed by atoms with E-state index >= 15 is 0 Å². The maximum Gasteiger partial charge on any atom is 0.303 e. The molecule has 202 valence electrons. The molecule has 3 aromatic carbocycles. The van der Waals surface area contributed by atoms with Gasteiger partial charge in [-0.15, -0.1) is 0 Å². The summed E-state index contributed by atoms with van der Waals surface area (Å²) in [6, 6.07) is 25.8. The fourth-order valence-electron chi connectivity index (χ4n) is 4.30. The summed E-state index contributed by atoms with van der Waals surface area (Å²) in [7, 11) is 0. The summed E-state index contributed by atoms with van der Waals surface area (Å²) in [5, 5.41) is 19.3. The van der Waals surface area contributed by atoms with E-state index in [1.807, 2.05) is 67.6 Å². The average Bonchev–Trinajstić information content (AvgIpc) is 2.92. The molecular formula is C29H33NO8. The summed E-state index contributed by atoms with van der Waals surface area (Å²) >= 11 is 0. The molecule has 9 heteroatoms. The number of carbonyl (C=O) groups is 1. The van der Waals surface area contributed by atoms with E-state index in [4.69, 9.17) is 28.9 Å². The molecule has 6 atom stereocenters. The average molecular weight is 524 g/mol. The first-order valence-corrected chi connectivity index (χ1v) is 12.5. The van der Waals surface area contributed by atoms with E-state index in [9.17, 15) is 10.0 Å². The minimum atomic E-state index is -1.00. The van der Waals surface area contributed by atoms with E-state index in [-0.39, 0.29) is 18.9 Å². The molecule has 3 aromatic rings. The van der Waals surface area contributed by atoms with E-state index in [0.29, 0.717) is 6.61 Å². The number of carbonyl (C=O) groups excluding carboxylic acids is 1. The molecule has 1 aliphatic rings. The number of nitrogens with one attached hydrogen (secondary N) is 1. The molecule has 0 aliphatic carbocycles. The van der Waals surface area contributed by atoms with Crippen molar-refractivity contribution in [3.63, 3.8) is 0 Å². The number of esters is 1. The van der Waals surface area contributed by atoms with Crippen molar-refractivity contribution in [3.05, 3.63) is 107 Å². The molecule has 0 saturated carbocycles. The largest absolute Gasteiger partial charge is 0.595 e. The van der Waals surface area contributed by atoms with Crippen molar-refractivity contribution < 1.29 is 38.9 Å². The number of quaternary nitrogens is 1. The third-order valence-corrected chi connectivity index (χ3v) is 6.22. The molecule has 0 spiro atoms. The molecule has 0 bridgehead atoms. The fourth-order valence-corrected chi connectivity index (χ4v) is 4.30. The Morgan fingerprint density at radius 2 is 1.29 bits per heavy atom. The summed E-state index contributed by atoms with van der Waals surface area (Å²) < 4.78 is 30.6. The number of ether oxygens (including phenoxy) is 5. The standard InChI is InChI=1S/C29H33NO8/c1-20-26(34-17-22-9-5-3-6-10-22)27(35-18-23-11-7-4-8-12-23)28(38-21(2)31)29(37-20)36-19-24-13-15-25(16-14-24)30(32)33/h3-16,20,26-30,32H,17-19H2,1-2H3. The first kappa shape index (κ1) is 27.9. The van der Waals surface area contributed by atoms with Crippen LogP contribution in [0.4, 0.5) is 5.69 Å². The second kappa shape index (κ2) is 13.6. The van der Waals surface area contributed by atoms with Crippen molar-refractivity contribution in [1.29, 1.82) is 0 Å².